The van der Waals surface area contributed by atoms with Crippen molar-refractivity contribution < 1.29 is 5.11 Å². The van der Waals surface area contributed by atoms with Crippen LogP contribution in [0.3, 0.4) is 0 Å². The van der Waals surface area contributed by atoms with E-state index in [1.807, 2.05) is 6.08 Å². The van der Waals surface area contributed by atoms with Gasteiger partial charge in [-0.1, -0.05) is 19.4 Å². The van der Waals surface area contributed by atoms with E-state index in [0.717, 1.165) is 12.8 Å². The van der Waals surface area contributed by atoms with Gasteiger partial charge in [-0.25, -0.2) is 0 Å². The molecule has 0 radical (unpaired) electrons. The molecule has 1 fully saturated rings. The minimum atomic E-state index is -0.140. The summed E-state index contributed by atoms with van der Waals surface area (Å²) in [6, 6.07) is 0. The lowest BCUT2D eigenvalue weighted by Gasteiger charge is -2.44. The first-order chi connectivity index (χ1) is 5.25. The Morgan fingerprint density at radius 1 is 1.64 bits per heavy atom. The standard InChI is InChI=1S/C10H18O/c1-3-6-9(11)10(4-2)7-5-8-10/h3,9,11H,1,4-8H2,2H3/t9-/m0/s1. The van der Waals surface area contributed by atoms with Gasteiger partial charge in [0.05, 0.1) is 6.10 Å². The Hall–Kier alpha value is -0.300. The lowest BCUT2D eigenvalue weighted by Crippen LogP contribution is -2.40. The molecule has 0 unspecified atom stereocenters. The third kappa shape index (κ3) is 1.48. The quantitative estimate of drug-likeness (QED) is 0.617. The van der Waals surface area contributed by atoms with Gasteiger partial charge in [0, 0.05) is 0 Å². The van der Waals surface area contributed by atoms with Crippen LogP contribution >= 0.6 is 0 Å². The maximum atomic E-state index is 9.75. The minimum Gasteiger partial charge on any atom is -0.392 e. The van der Waals surface area contributed by atoms with Crippen molar-refractivity contribution in [3.8, 4) is 0 Å². The predicted octanol–water partition coefficient (Wildman–Crippen LogP) is 2.50. The van der Waals surface area contributed by atoms with E-state index in [2.05, 4.69) is 13.5 Å². The Morgan fingerprint density at radius 2 is 2.27 bits per heavy atom. The monoisotopic (exact) mass is 154 g/mol. The third-order valence-corrected chi connectivity index (χ3v) is 3.15. The van der Waals surface area contributed by atoms with Crippen LogP contribution in [-0.4, -0.2) is 11.2 Å². The number of hydrogen-bond donors (Lipinski definition) is 1. The fraction of sp³-hybridized carbons (Fsp3) is 0.800. The summed E-state index contributed by atoms with van der Waals surface area (Å²) in [5, 5.41) is 9.75. The number of hydrogen-bond acceptors (Lipinski definition) is 1. The summed E-state index contributed by atoms with van der Waals surface area (Å²) in [5.74, 6) is 0. The zero-order valence-electron chi connectivity index (χ0n) is 7.34. The van der Waals surface area contributed by atoms with Crippen molar-refractivity contribution in [1.82, 2.24) is 0 Å². The number of aliphatic hydroxyl groups is 1. The molecule has 0 aromatic heterocycles. The van der Waals surface area contributed by atoms with Crippen molar-refractivity contribution in [3.05, 3.63) is 12.7 Å². The van der Waals surface area contributed by atoms with Crippen LogP contribution in [0.25, 0.3) is 0 Å². The van der Waals surface area contributed by atoms with Gasteiger partial charge in [0.25, 0.3) is 0 Å². The molecule has 1 saturated carbocycles. The van der Waals surface area contributed by atoms with Gasteiger partial charge in [-0.05, 0) is 31.1 Å². The second-order valence-electron chi connectivity index (χ2n) is 3.61. The third-order valence-electron chi connectivity index (χ3n) is 3.15. The molecule has 1 aliphatic carbocycles. The van der Waals surface area contributed by atoms with E-state index in [1.54, 1.807) is 0 Å². The SMILES string of the molecule is C=CC[C@H](O)C1(CC)CCC1. The fourth-order valence-corrected chi connectivity index (χ4v) is 1.96. The first-order valence-corrected chi connectivity index (χ1v) is 4.54. The Labute approximate surface area is 69.1 Å². The van der Waals surface area contributed by atoms with Crippen molar-refractivity contribution in [3.63, 3.8) is 0 Å². The van der Waals surface area contributed by atoms with Gasteiger partial charge >= 0.3 is 0 Å². The molecule has 0 saturated heterocycles. The molecule has 0 amide bonds. The first-order valence-electron chi connectivity index (χ1n) is 4.54. The van der Waals surface area contributed by atoms with Gasteiger partial charge in [-0.15, -0.1) is 6.58 Å². The molecule has 1 heteroatoms. The lowest BCUT2D eigenvalue weighted by molar-refractivity contribution is -0.0354. The molecule has 11 heavy (non-hydrogen) atoms. The summed E-state index contributed by atoms with van der Waals surface area (Å²) < 4.78 is 0. The van der Waals surface area contributed by atoms with Gasteiger partial charge in [0.2, 0.25) is 0 Å². The highest BCUT2D eigenvalue weighted by Gasteiger charge is 2.40. The van der Waals surface area contributed by atoms with Crippen LogP contribution in [0.2, 0.25) is 0 Å². The van der Waals surface area contributed by atoms with Crippen LogP contribution < -0.4 is 0 Å². The van der Waals surface area contributed by atoms with Crippen molar-refractivity contribution in [1.29, 1.82) is 0 Å². The molecule has 0 heterocycles. The minimum absolute atomic E-state index is 0.140. The molecule has 0 aliphatic heterocycles. The van der Waals surface area contributed by atoms with Crippen LogP contribution in [0.15, 0.2) is 12.7 Å². The first kappa shape index (κ1) is 8.79. The maximum Gasteiger partial charge on any atom is 0.0630 e. The Morgan fingerprint density at radius 3 is 2.55 bits per heavy atom. The summed E-state index contributed by atoms with van der Waals surface area (Å²) in [6.07, 6.45) is 7.26. The Bertz CT molecular complexity index is 130. The lowest BCUT2D eigenvalue weighted by atomic mass is 9.63. The molecule has 1 rings (SSSR count). The summed E-state index contributed by atoms with van der Waals surface area (Å²) in [4.78, 5) is 0. The van der Waals surface area contributed by atoms with Gasteiger partial charge in [-0.2, -0.15) is 0 Å². The summed E-state index contributed by atoms with van der Waals surface area (Å²) in [5.41, 5.74) is 0.258. The Balaban J connectivity index is 2.46. The Kier molecular flexibility index (Phi) is 2.72. The predicted molar refractivity (Wildman–Crippen MR) is 47.4 cm³/mol. The molecular weight excluding hydrogens is 136 g/mol. The zero-order valence-corrected chi connectivity index (χ0v) is 7.34. The van der Waals surface area contributed by atoms with Crippen molar-refractivity contribution in [2.75, 3.05) is 0 Å². The molecule has 0 bridgehead atoms. The van der Waals surface area contributed by atoms with Crippen LogP contribution in [0.5, 0.6) is 0 Å². The van der Waals surface area contributed by atoms with E-state index in [-0.39, 0.29) is 11.5 Å². The summed E-state index contributed by atoms with van der Waals surface area (Å²) >= 11 is 0. The normalized spacial score (nSPS) is 23.8. The maximum absolute atomic E-state index is 9.75. The van der Waals surface area contributed by atoms with Gasteiger partial charge in [0.15, 0.2) is 0 Å². The molecule has 0 spiro atoms. The molecule has 1 N–H and O–H groups in total. The van der Waals surface area contributed by atoms with Gasteiger partial charge in [-0.3, -0.25) is 0 Å². The molecule has 1 atom stereocenters. The van der Waals surface area contributed by atoms with Crippen LogP contribution in [0.1, 0.15) is 39.0 Å². The fourth-order valence-electron chi connectivity index (χ4n) is 1.96. The molecule has 0 aromatic carbocycles. The second kappa shape index (κ2) is 3.40. The smallest absolute Gasteiger partial charge is 0.0630 e. The van der Waals surface area contributed by atoms with Crippen molar-refractivity contribution in [2.24, 2.45) is 5.41 Å². The van der Waals surface area contributed by atoms with E-state index < -0.39 is 0 Å². The highest BCUT2D eigenvalue weighted by atomic mass is 16.3. The van der Waals surface area contributed by atoms with Gasteiger partial charge in [0.1, 0.15) is 0 Å². The highest BCUT2D eigenvalue weighted by Crippen LogP contribution is 2.47. The van der Waals surface area contributed by atoms with E-state index in [1.165, 1.54) is 19.3 Å². The van der Waals surface area contributed by atoms with E-state index in [0.29, 0.717) is 0 Å². The number of rotatable bonds is 4. The molecule has 1 aliphatic rings. The molecule has 64 valence electrons. The second-order valence-corrected chi connectivity index (χ2v) is 3.61. The van der Waals surface area contributed by atoms with Crippen molar-refractivity contribution in [2.45, 2.75) is 45.1 Å². The zero-order chi connectivity index (χ0) is 8.32. The van der Waals surface area contributed by atoms with E-state index in [4.69, 9.17) is 0 Å². The topological polar surface area (TPSA) is 20.2 Å². The van der Waals surface area contributed by atoms with Crippen LogP contribution in [0, 0.1) is 5.41 Å². The average Bonchev–Trinajstić information content (AvgIpc) is 1.87. The van der Waals surface area contributed by atoms with Crippen LogP contribution in [0.4, 0.5) is 0 Å². The molecule has 0 aromatic rings. The van der Waals surface area contributed by atoms with Crippen molar-refractivity contribution >= 4 is 0 Å². The largest absolute Gasteiger partial charge is 0.392 e. The average molecular weight is 154 g/mol. The molecular formula is C10H18O. The van der Waals surface area contributed by atoms with E-state index in [9.17, 15) is 5.11 Å². The summed E-state index contributed by atoms with van der Waals surface area (Å²) in [7, 11) is 0. The summed E-state index contributed by atoms with van der Waals surface area (Å²) in [6.45, 7) is 5.82. The van der Waals surface area contributed by atoms with Crippen LogP contribution in [-0.2, 0) is 0 Å². The molecule has 1 nitrogen and oxygen atoms in total. The highest BCUT2D eigenvalue weighted by molar-refractivity contribution is 4.94. The number of aliphatic hydroxyl groups excluding tert-OH is 1. The van der Waals surface area contributed by atoms with E-state index >= 15 is 0 Å². The van der Waals surface area contributed by atoms with Gasteiger partial charge < -0.3 is 5.11 Å².